The number of hydrogen-bond acceptors (Lipinski definition) is 40. The first kappa shape index (κ1) is 119. The standard InChI is InChI=1S/C90H128N15O33P3.H2O/c1-6-94-76-55-78-74(51-64(76)3)86(75-52-65(4)77(95-7-2)56-79(75)135-78)73-54-72(21-20-69(73)59-106)130-28-14-15-66(5)96-25-30-118-26-11-8-12-27-119-31-33-121-35-37-123-39-41-125-43-45-127-47-48-128-46-44-126-42-40-124-38-36-122-34-32-120-29-22-82(108)97-23-24-98-88(109)67-17-13-19-71(53-67)132-62-83(102-104-93)131-50-49-129-60-70(107)18-10-9-16-68-58-105(87-85(68)89(110)101-90(91)100-87)84-57-80(133-63-99-103-92)81(136-84)61-134-140(114,115)138-141(116,117)137-139(111,112)113;/h13,17,19-21,51-56,58-59,80-81,83-84,94,96H,5-8,10-12,14-15,18,22-50,57,60-63H2,1-4H3,(H,97,108)(H,98,109)(H,114,115)(H,116,117)(H2,111,112,113)(H3,91,100,101,110);1H2/p-4. The number of anilines is 2. The van der Waals surface area contributed by atoms with Gasteiger partial charge in [-0.3, -0.25) is 42.4 Å². The number of nitrogens with zero attached hydrogens (tertiary/aromatic N) is 8. The number of nitrogens with two attached hydrogens (primary N) is 1. The van der Waals surface area contributed by atoms with Gasteiger partial charge >= 0.3 is 0 Å². The molecule has 2 aliphatic heterocycles. The maximum Gasteiger partial charge on any atom is 0.278 e. The minimum Gasteiger partial charge on any atom is -0.870 e. The summed E-state index contributed by atoms with van der Waals surface area (Å²) in [5.74, 6) is 5.80. The molecule has 0 radical (unpaired) electrons. The van der Waals surface area contributed by atoms with Gasteiger partial charge in [0.15, 0.2) is 23.9 Å². The topological polar surface area (TPSA) is 676 Å². The number of ether oxygens (including phenoxy) is 17. The molecule has 0 bridgehead atoms. The summed E-state index contributed by atoms with van der Waals surface area (Å²) in [6, 6.07) is 20.1. The minimum atomic E-state index is -6.30. The second-order valence-corrected chi connectivity index (χ2v) is 35.2. The molecule has 9 N–H and O–H groups in total. The predicted molar refractivity (Wildman–Crippen MR) is 504 cm³/mol. The number of amides is 2. The van der Waals surface area contributed by atoms with Gasteiger partial charge in [0.25, 0.3) is 27.1 Å². The highest BCUT2D eigenvalue weighted by Crippen LogP contribution is 2.61. The van der Waals surface area contributed by atoms with E-state index in [0.717, 1.165) is 113 Å². The van der Waals surface area contributed by atoms with Gasteiger partial charge in [-0.25, -0.2) is 9.30 Å². The number of nitrogens with one attached hydrogen (secondary N) is 6. The van der Waals surface area contributed by atoms with Gasteiger partial charge in [0.1, 0.15) is 61.7 Å². The minimum absolute atomic E-state index is 0. The molecule has 0 spiro atoms. The van der Waals surface area contributed by atoms with Crippen LogP contribution in [0.15, 0.2) is 105 Å². The van der Waals surface area contributed by atoms with Gasteiger partial charge in [-0.2, -0.15) is 4.98 Å². The molecule has 2 aromatic heterocycles. The predicted octanol–water partition coefficient (Wildman–Crippen LogP) is 5.27. The summed E-state index contributed by atoms with van der Waals surface area (Å²) >= 11 is 0. The van der Waals surface area contributed by atoms with Crippen LogP contribution in [-0.4, -0.2) is 287 Å². The number of fused-ring (bicyclic) bond motifs is 3. The van der Waals surface area contributed by atoms with Crippen molar-refractivity contribution in [1.29, 1.82) is 0 Å². The molecule has 1 aliphatic carbocycles. The summed E-state index contributed by atoms with van der Waals surface area (Å²) in [4.78, 5) is 125. The van der Waals surface area contributed by atoms with E-state index in [9.17, 15) is 57.2 Å². The third-order valence-corrected chi connectivity index (χ3v) is 24.0. The molecule has 3 aromatic carbocycles. The molecule has 3 aliphatic rings. The first-order valence-electron chi connectivity index (χ1n) is 45.9. The van der Waals surface area contributed by atoms with Crippen LogP contribution in [0, 0.1) is 25.7 Å². The van der Waals surface area contributed by atoms with Gasteiger partial charge in [0.05, 0.1) is 190 Å². The summed E-state index contributed by atoms with van der Waals surface area (Å²) in [6.07, 6.45) is 1.47. The van der Waals surface area contributed by atoms with E-state index in [2.05, 4.69) is 128 Å². The zero-order chi connectivity index (χ0) is 101. The Morgan fingerprint density at radius 3 is 1.94 bits per heavy atom. The summed E-state index contributed by atoms with van der Waals surface area (Å²) in [6.45, 7) is 22.5. The third-order valence-electron chi connectivity index (χ3n) is 20.3. The largest absolute Gasteiger partial charge is 0.870 e. The van der Waals surface area contributed by atoms with Crippen LogP contribution in [0.5, 0.6) is 11.5 Å². The lowest BCUT2D eigenvalue weighted by molar-refractivity contribution is -0.496. The molecular formula is C90H126N15O34P3-4. The number of aromatic amines is 1. The fourth-order valence-corrected chi connectivity index (χ4v) is 16.6. The molecule has 142 heavy (non-hydrogen) atoms. The average molecular weight is 2050 g/mol. The monoisotopic (exact) mass is 2050 g/mol. The molecule has 49 nitrogen and oxygen atoms in total. The highest BCUT2D eigenvalue weighted by molar-refractivity contribution is 7.64. The maximum atomic E-state index is 13.2. The van der Waals surface area contributed by atoms with Crippen molar-refractivity contribution in [3.05, 3.63) is 150 Å². The number of H-pyrrole nitrogens is 1. The molecule has 6 unspecified atom stereocenters. The number of aryl methyl sites for hydroxylation is 2. The Hall–Kier alpha value is -10.3. The number of benzene rings is 4. The highest BCUT2D eigenvalue weighted by atomic mass is 31.3. The van der Waals surface area contributed by atoms with Crippen LogP contribution in [0.3, 0.4) is 0 Å². The second-order valence-electron chi connectivity index (χ2n) is 31.0. The van der Waals surface area contributed by atoms with Gasteiger partial charge in [-0.1, -0.05) is 34.7 Å². The summed E-state index contributed by atoms with van der Waals surface area (Å²) in [5.41, 5.74) is 31.2. The Labute approximate surface area is 820 Å². The van der Waals surface area contributed by atoms with Gasteiger partial charge in [-0.05, 0) is 131 Å². The van der Waals surface area contributed by atoms with E-state index in [4.69, 9.17) is 102 Å². The fourth-order valence-electron chi connectivity index (χ4n) is 13.8. The van der Waals surface area contributed by atoms with Crippen molar-refractivity contribution >= 4 is 81.0 Å². The smallest absolute Gasteiger partial charge is 0.278 e. The molecule has 52 heteroatoms. The first-order valence-corrected chi connectivity index (χ1v) is 50.3. The maximum absolute atomic E-state index is 13.2. The molecule has 4 heterocycles. The van der Waals surface area contributed by atoms with Crippen LogP contribution in [0.2, 0.25) is 0 Å². The SMILES string of the molecule is C=C(CCCOc1ccc(C=O)c(-c2c3cc(C)c(=[NH+]CC)cc-3oc3cc(NCC)c(C)cc23)c1)NCCOCCCCCOCCOCCOCCOCCOCCOCCOCCOCCOCCOCCC(=O)NCCNC(=O)c1cccc(OCC(N=[N+]=[N-])OCCOCC(=O)CCC#Cc2cn(C3CC(OCN=[N+]=[N-])C(COP(=O)([O-])OP(=O)([O-])OP(=O)([O-])[O-])O3)c3nc(N)[nH]c(=O)c23)c1.[OH-]. The van der Waals surface area contributed by atoms with Crippen LogP contribution in [0.4, 0.5) is 11.6 Å². The van der Waals surface area contributed by atoms with E-state index < -0.39 is 72.9 Å². The lowest BCUT2D eigenvalue weighted by Crippen LogP contribution is -2.76. The summed E-state index contributed by atoms with van der Waals surface area (Å²) in [5, 5.41) is 20.9. The van der Waals surface area contributed by atoms with E-state index >= 15 is 0 Å². The van der Waals surface area contributed by atoms with Gasteiger partial charge in [0, 0.05) is 132 Å². The van der Waals surface area contributed by atoms with Crippen LogP contribution >= 0.6 is 23.5 Å². The van der Waals surface area contributed by atoms with Crippen LogP contribution in [0.1, 0.15) is 115 Å². The van der Waals surface area contributed by atoms with E-state index in [1.807, 2.05) is 30.3 Å². The van der Waals surface area contributed by atoms with Crippen molar-refractivity contribution in [2.75, 3.05) is 235 Å². The number of allylic oxidation sites excluding steroid dienone is 1. The Kier molecular flexibility index (Phi) is 55.7. The Morgan fingerprint density at radius 2 is 1.32 bits per heavy atom. The van der Waals surface area contributed by atoms with E-state index in [1.165, 1.54) is 16.8 Å². The number of carbonyl (C=O) groups excluding carboxylic acids is 4. The number of aldehydes is 1. The summed E-state index contributed by atoms with van der Waals surface area (Å²) < 4.78 is 150. The molecule has 5 aromatic rings. The fraction of sp³-hybridized carbons (Fsp3) is 0.567. The first-order chi connectivity index (χ1) is 68.2. The average Bonchev–Trinajstić information content (AvgIpc) is 1.57. The van der Waals surface area contributed by atoms with Crippen molar-refractivity contribution in [2.24, 2.45) is 10.2 Å². The molecule has 784 valence electrons. The summed E-state index contributed by atoms with van der Waals surface area (Å²) in [7, 11) is -18.5. The number of aromatic nitrogens is 3. The van der Waals surface area contributed by atoms with Crippen LogP contribution in [0.25, 0.3) is 65.3 Å². The van der Waals surface area contributed by atoms with Crippen molar-refractivity contribution in [3.63, 3.8) is 0 Å². The number of Topliss-reactive ketones (excluding diaryl/α,β-unsaturated/α-hetero) is 1. The molecule has 1 saturated heterocycles. The highest BCUT2D eigenvalue weighted by Gasteiger charge is 2.40. The number of phosphoric acid groups is 3. The molecular weight excluding hydrogens is 1930 g/mol. The third kappa shape index (κ3) is 44.9. The normalized spacial score (nSPS) is 14.8. The number of hydrogen-bond donors (Lipinski definition) is 7. The zero-order valence-electron chi connectivity index (χ0n) is 79.8. The molecule has 1 fully saturated rings. The number of azide groups is 2. The number of phosphoric ester groups is 1. The Morgan fingerprint density at radius 1 is 0.690 bits per heavy atom. The lowest BCUT2D eigenvalue weighted by atomic mass is 9.89. The van der Waals surface area contributed by atoms with Gasteiger partial charge in [-0.15, -0.1) is 0 Å². The van der Waals surface area contributed by atoms with Crippen molar-refractivity contribution < 1.29 is 161 Å². The lowest BCUT2D eigenvalue weighted by Gasteiger charge is -2.37. The van der Waals surface area contributed by atoms with Crippen LogP contribution < -0.4 is 72.0 Å². The molecule has 2 amide bonds. The number of carbonyl (C=O) groups is 4. The van der Waals surface area contributed by atoms with Crippen molar-refractivity contribution in [3.8, 4) is 45.8 Å². The van der Waals surface area contributed by atoms with Gasteiger partial charge in [0.2, 0.25) is 17.2 Å². The van der Waals surface area contributed by atoms with E-state index in [0.29, 0.717) is 157 Å². The molecule has 8 rings (SSSR count). The van der Waals surface area contributed by atoms with Crippen LogP contribution in [-0.2, 0) is 107 Å². The quantitative estimate of drug-likeness (QED) is 0.00373. The zero-order valence-corrected chi connectivity index (χ0v) is 82.5. The van der Waals surface area contributed by atoms with Crippen molar-refractivity contribution in [1.82, 2.24) is 30.5 Å². The molecule has 0 saturated carbocycles. The second kappa shape index (κ2) is 66.6. The Balaban J connectivity index is 0.0000274. The molecule has 6 atom stereocenters. The number of ketones is 1. The van der Waals surface area contributed by atoms with E-state index in [1.54, 1.807) is 18.2 Å². The number of nitrogen functional groups attached to an aromatic ring is 1. The van der Waals surface area contributed by atoms with Gasteiger partial charge < -0.3 is 151 Å². The van der Waals surface area contributed by atoms with E-state index in [-0.39, 0.29) is 129 Å². The Bertz CT molecular complexity index is 5490. The number of unbranched alkanes of at least 4 members (excludes halogenated alkanes) is 2. The number of rotatable bonds is 77. The van der Waals surface area contributed by atoms with Crippen molar-refractivity contribution in [2.45, 2.75) is 110 Å².